The summed E-state index contributed by atoms with van der Waals surface area (Å²) in [6.07, 6.45) is 3.17. The van der Waals surface area contributed by atoms with E-state index in [4.69, 9.17) is 5.41 Å². The minimum absolute atomic E-state index is 0.598. The maximum absolute atomic E-state index is 6.95. The molecule has 0 aromatic carbocycles. The fraction of sp³-hybridized carbons (Fsp3) is 0.667. The van der Waals surface area contributed by atoms with Crippen LogP contribution in [0.25, 0.3) is 0 Å². The lowest BCUT2D eigenvalue weighted by Crippen LogP contribution is -2.45. The largest absolute Gasteiger partial charge is 0.386 e. The highest BCUT2D eigenvalue weighted by atomic mass is 15.2. The molecule has 1 rings (SSSR count). The van der Waals surface area contributed by atoms with E-state index < -0.39 is 0 Å². The molecule has 0 bridgehead atoms. The summed E-state index contributed by atoms with van der Waals surface area (Å²) in [5.41, 5.74) is 1.16. The van der Waals surface area contributed by atoms with Crippen LogP contribution in [-0.2, 0) is 0 Å². The summed E-state index contributed by atoms with van der Waals surface area (Å²) in [5.74, 6) is 0. The van der Waals surface area contributed by atoms with Crippen molar-refractivity contribution in [3.8, 4) is 0 Å². The fourth-order valence-corrected chi connectivity index (χ4v) is 1.37. The van der Waals surface area contributed by atoms with Crippen molar-refractivity contribution in [1.82, 2.24) is 10.2 Å². The van der Waals surface area contributed by atoms with Crippen molar-refractivity contribution in [2.45, 2.75) is 19.9 Å². The van der Waals surface area contributed by atoms with Crippen molar-refractivity contribution >= 4 is 6.21 Å². The molecule has 1 heterocycles. The minimum Gasteiger partial charge on any atom is -0.386 e. The first-order valence-corrected chi connectivity index (χ1v) is 4.41. The van der Waals surface area contributed by atoms with Gasteiger partial charge in [-0.05, 0) is 19.9 Å². The standard InChI is InChI=1S/C9H17N3/c1-8(2)12-6-5-11-9(7-12)3-4-10/h3-4,8,10-11H,5-7H2,1-2H3/b9-3-,10-4?. The van der Waals surface area contributed by atoms with Gasteiger partial charge >= 0.3 is 0 Å². The second-order valence-corrected chi connectivity index (χ2v) is 3.35. The van der Waals surface area contributed by atoms with Crippen molar-refractivity contribution in [2.75, 3.05) is 19.6 Å². The van der Waals surface area contributed by atoms with E-state index in [9.17, 15) is 0 Å². The molecule has 0 radical (unpaired) electrons. The predicted molar refractivity (Wildman–Crippen MR) is 51.6 cm³/mol. The predicted octanol–water partition coefficient (Wildman–Crippen LogP) is 0.833. The maximum atomic E-state index is 6.95. The van der Waals surface area contributed by atoms with Gasteiger partial charge < -0.3 is 10.7 Å². The molecule has 1 fully saturated rings. The van der Waals surface area contributed by atoms with E-state index in [1.807, 2.05) is 6.08 Å². The van der Waals surface area contributed by atoms with Gasteiger partial charge in [0.05, 0.1) is 0 Å². The van der Waals surface area contributed by atoms with Crippen LogP contribution >= 0.6 is 0 Å². The van der Waals surface area contributed by atoms with Crippen LogP contribution in [0.3, 0.4) is 0 Å². The third-order valence-corrected chi connectivity index (χ3v) is 2.14. The summed E-state index contributed by atoms with van der Waals surface area (Å²) >= 11 is 0. The summed E-state index contributed by atoms with van der Waals surface area (Å²) in [7, 11) is 0. The Morgan fingerprint density at radius 2 is 2.33 bits per heavy atom. The fourth-order valence-electron chi connectivity index (χ4n) is 1.37. The van der Waals surface area contributed by atoms with Crippen molar-refractivity contribution < 1.29 is 0 Å². The van der Waals surface area contributed by atoms with Crippen LogP contribution in [0.5, 0.6) is 0 Å². The van der Waals surface area contributed by atoms with Crippen LogP contribution in [0.1, 0.15) is 13.8 Å². The summed E-state index contributed by atoms with van der Waals surface area (Å²) in [5, 5.41) is 10.2. The van der Waals surface area contributed by atoms with Crippen LogP contribution in [0.15, 0.2) is 11.8 Å². The third kappa shape index (κ3) is 2.34. The van der Waals surface area contributed by atoms with Gasteiger partial charge in [0, 0.05) is 37.6 Å². The van der Waals surface area contributed by atoms with E-state index >= 15 is 0 Å². The molecule has 1 aliphatic heterocycles. The van der Waals surface area contributed by atoms with Gasteiger partial charge in [-0.15, -0.1) is 0 Å². The molecule has 0 aromatic rings. The quantitative estimate of drug-likeness (QED) is 0.598. The highest BCUT2D eigenvalue weighted by Gasteiger charge is 2.14. The Morgan fingerprint density at radius 1 is 1.58 bits per heavy atom. The van der Waals surface area contributed by atoms with E-state index in [2.05, 4.69) is 24.1 Å². The van der Waals surface area contributed by atoms with Crippen molar-refractivity contribution in [1.29, 1.82) is 5.41 Å². The number of rotatable bonds is 2. The molecule has 0 atom stereocenters. The summed E-state index contributed by atoms with van der Waals surface area (Å²) in [6, 6.07) is 0.598. The average molecular weight is 167 g/mol. The Morgan fingerprint density at radius 3 is 2.92 bits per heavy atom. The SMILES string of the molecule is CC(C)N1CCN/C(=C\C=N)C1. The first-order valence-electron chi connectivity index (χ1n) is 4.41. The lowest BCUT2D eigenvalue weighted by Gasteiger charge is -2.32. The first-order chi connectivity index (χ1) is 5.74. The van der Waals surface area contributed by atoms with Crippen LogP contribution in [0, 0.1) is 5.41 Å². The Bertz CT molecular complexity index is 184. The number of hydrogen-bond donors (Lipinski definition) is 2. The third-order valence-electron chi connectivity index (χ3n) is 2.14. The van der Waals surface area contributed by atoms with Crippen molar-refractivity contribution in [3.05, 3.63) is 11.8 Å². The van der Waals surface area contributed by atoms with Gasteiger partial charge in [0.2, 0.25) is 0 Å². The molecular weight excluding hydrogens is 150 g/mol. The molecule has 3 heteroatoms. The van der Waals surface area contributed by atoms with Crippen molar-refractivity contribution in [3.63, 3.8) is 0 Å². The zero-order chi connectivity index (χ0) is 8.97. The van der Waals surface area contributed by atoms with Crippen LogP contribution < -0.4 is 5.32 Å². The molecule has 0 spiro atoms. The van der Waals surface area contributed by atoms with Crippen molar-refractivity contribution in [2.24, 2.45) is 0 Å². The zero-order valence-electron chi connectivity index (χ0n) is 7.80. The zero-order valence-corrected chi connectivity index (χ0v) is 7.80. The van der Waals surface area contributed by atoms with Gasteiger partial charge in [0.25, 0.3) is 0 Å². The van der Waals surface area contributed by atoms with Gasteiger partial charge in [0.1, 0.15) is 0 Å². The van der Waals surface area contributed by atoms with Gasteiger partial charge in [-0.3, -0.25) is 4.90 Å². The minimum atomic E-state index is 0.598. The van der Waals surface area contributed by atoms with E-state index in [-0.39, 0.29) is 0 Å². The van der Waals surface area contributed by atoms with Crippen LogP contribution in [0.2, 0.25) is 0 Å². The van der Waals surface area contributed by atoms with Crippen LogP contribution in [0.4, 0.5) is 0 Å². The molecule has 12 heavy (non-hydrogen) atoms. The number of nitrogens with zero attached hydrogens (tertiary/aromatic N) is 1. The van der Waals surface area contributed by atoms with Gasteiger partial charge in [0.15, 0.2) is 0 Å². The Labute approximate surface area is 74.0 Å². The molecule has 3 nitrogen and oxygen atoms in total. The lowest BCUT2D eigenvalue weighted by atomic mass is 10.2. The highest BCUT2D eigenvalue weighted by molar-refractivity contribution is 5.68. The second-order valence-electron chi connectivity index (χ2n) is 3.35. The number of nitrogens with one attached hydrogen (secondary N) is 2. The van der Waals surface area contributed by atoms with E-state index in [1.165, 1.54) is 6.21 Å². The molecular formula is C9H17N3. The molecule has 1 saturated heterocycles. The van der Waals surface area contributed by atoms with E-state index in [0.717, 1.165) is 25.3 Å². The number of hydrogen-bond acceptors (Lipinski definition) is 3. The highest BCUT2D eigenvalue weighted by Crippen LogP contribution is 2.05. The Balaban J connectivity index is 2.51. The molecule has 0 unspecified atom stereocenters. The molecule has 0 saturated carbocycles. The topological polar surface area (TPSA) is 39.1 Å². The molecule has 68 valence electrons. The summed E-state index contributed by atoms with van der Waals surface area (Å²) in [6.45, 7) is 7.46. The molecule has 0 amide bonds. The van der Waals surface area contributed by atoms with Gasteiger partial charge in [-0.2, -0.15) is 0 Å². The number of piperazine rings is 1. The molecule has 2 N–H and O–H groups in total. The van der Waals surface area contributed by atoms with Gasteiger partial charge in [-0.25, -0.2) is 0 Å². The Kier molecular flexibility index (Phi) is 3.29. The normalized spacial score (nSPS) is 22.8. The maximum Gasteiger partial charge on any atom is 0.0385 e. The molecule has 0 aromatic heterocycles. The van der Waals surface area contributed by atoms with Crippen LogP contribution in [-0.4, -0.2) is 36.8 Å². The van der Waals surface area contributed by atoms with E-state index in [1.54, 1.807) is 0 Å². The van der Waals surface area contributed by atoms with Gasteiger partial charge in [-0.1, -0.05) is 0 Å². The summed E-state index contributed by atoms with van der Waals surface area (Å²) < 4.78 is 0. The summed E-state index contributed by atoms with van der Waals surface area (Å²) in [4.78, 5) is 2.39. The first kappa shape index (κ1) is 9.26. The number of allylic oxidation sites excluding steroid dienone is 1. The molecule has 1 aliphatic rings. The van der Waals surface area contributed by atoms with E-state index in [0.29, 0.717) is 6.04 Å². The average Bonchev–Trinajstić information content (AvgIpc) is 2.05. The monoisotopic (exact) mass is 167 g/mol. The Hall–Kier alpha value is -0.830. The molecule has 0 aliphatic carbocycles. The smallest absolute Gasteiger partial charge is 0.0385 e. The second kappa shape index (κ2) is 4.26. The lowest BCUT2D eigenvalue weighted by molar-refractivity contribution is 0.217.